The van der Waals surface area contributed by atoms with Crippen molar-refractivity contribution in [2.75, 3.05) is 0 Å². The van der Waals surface area contributed by atoms with E-state index in [1.165, 1.54) is 5.56 Å². The molecule has 17 heavy (non-hydrogen) atoms. The highest BCUT2D eigenvalue weighted by Gasteiger charge is 2.02. The number of aromatic nitrogens is 2. The molecule has 1 aromatic heterocycles. The lowest BCUT2D eigenvalue weighted by Crippen LogP contribution is -1.91. The van der Waals surface area contributed by atoms with Crippen LogP contribution in [-0.4, -0.2) is 9.97 Å². The second-order valence-electron chi connectivity index (χ2n) is 3.53. The molecule has 0 saturated heterocycles. The van der Waals surface area contributed by atoms with E-state index in [-0.39, 0.29) is 0 Å². The number of hydrogen-bond donors (Lipinski definition) is 0. The Kier molecular flexibility index (Phi) is 4.26. The Morgan fingerprint density at radius 1 is 1.12 bits per heavy atom. The molecular weight excluding hydrogens is 275 g/mol. The largest absolute Gasteiger partial charge is 0.228 e. The molecule has 0 radical (unpaired) electrons. The fourth-order valence-electron chi connectivity index (χ4n) is 1.30. The molecule has 0 aliphatic rings. The number of halogens is 2. The summed E-state index contributed by atoms with van der Waals surface area (Å²) in [7, 11) is 0. The number of nitrogens with zero attached hydrogens (tertiary/aromatic N) is 2. The summed E-state index contributed by atoms with van der Waals surface area (Å²) in [5, 5.41) is 1.93. The summed E-state index contributed by atoms with van der Waals surface area (Å²) in [6.45, 7) is 1.90. The maximum absolute atomic E-state index is 5.87. The van der Waals surface area contributed by atoms with Gasteiger partial charge >= 0.3 is 0 Å². The second kappa shape index (κ2) is 5.71. The summed E-state index contributed by atoms with van der Waals surface area (Å²) in [6.07, 6.45) is 0. The number of thioether (sulfide) groups is 1. The maximum Gasteiger partial charge on any atom is 0.189 e. The Labute approximate surface area is 114 Å². The van der Waals surface area contributed by atoms with Crippen LogP contribution in [0.3, 0.4) is 0 Å². The zero-order valence-corrected chi connectivity index (χ0v) is 11.5. The summed E-state index contributed by atoms with van der Waals surface area (Å²) < 4.78 is 0. The van der Waals surface area contributed by atoms with Crippen molar-refractivity contribution in [1.29, 1.82) is 0 Å². The minimum absolute atomic E-state index is 0.483. The van der Waals surface area contributed by atoms with Crippen molar-refractivity contribution in [3.05, 3.63) is 51.8 Å². The van der Waals surface area contributed by atoms with Gasteiger partial charge in [-0.2, -0.15) is 0 Å². The third-order valence-corrected chi connectivity index (χ3v) is 3.45. The van der Waals surface area contributed by atoms with Crippen LogP contribution in [0.5, 0.6) is 0 Å². The van der Waals surface area contributed by atoms with E-state index < -0.39 is 0 Å². The van der Waals surface area contributed by atoms with E-state index in [1.807, 2.05) is 31.2 Å². The van der Waals surface area contributed by atoms with E-state index in [4.69, 9.17) is 23.2 Å². The Hall–Kier alpha value is -0.770. The van der Waals surface area contributed by atoms with Crippen LogP contribution in [0.2, 0.25) is 10.2 Å². The fraction of sp³-hybridized carbons (Fsp3) is 0.167. The van der Waals surface area contributed by atoms with Crippen molar-refractivity contribution in [1.82, 2.24) is 9.97 Å². The summed E-state index contributed by atoms with van der Waals surface area (Å²) in [6, 6.07) is 9.48. The minimum Gasteiger partial charge on any atom is -0.228 e. The van der Waals surface area contributed by atoms with Crippen LogP contribution in [0.1, 0.15) is 11.3 Å². The molecule has 0 fully saturated rings. The van der Waals surface area contributed by atoms with Crippen molar-refractivity contribution in [2.24, 2.45) is 0 Å². The van der Waals surface area contributed by atoms with Gasteiger partial charge in [-0.3, -0.25) is 0 Å². The van der Waals surface area contributed by atoms with Gasteiger partial charge in [0.15, 0.2) is 5.16 Å². The topological polar surface area (TPSA) is 25.8 Å². The zero-order valence-electron chi connectivity index (χ0n) is 9.15. The molecule has 2 aromatic rings. The van der Waals surface area contributed by atoms with Crippen molar-refractivity contribution in [3.8, 4) is 0 Å². The summed E-state index contributed by atoms with van der Waals surface area (Å²) in [5.41, 5.74) is 2.06. The van der Waals surface area contributed by atoms with Gasteiger partial charge in [-0.05, 0) is 30.7 Å². The highest BCUT2D eigenvalue weighted by Crippen LogP contribution is 2.22. The number of aryl methyl sites for hydroxylation is 1. The van der Waals surface area contributed by atoms with Crippen molar-refractivity contribution >= 4 is 35.0 Å². The van der Waals surface area contributed by atoms with E-state index in [0.717, 1.165) is 16.5 Å². The number of hydrogen-bond acceptors (Lipinski definition) is 3. The van der Waals surface area contributed by atoms with Crippen LogP contribution in [0, 0.1) is 6.92 Å². The van der Waals surface area contributed by atoms with Gasteiger partial charge in [-0.1, -0.05) is 47.1 Å². The predicted molar refractivity (Wildman–Crippen MR) is 72.8 cm³/mol. The maximum atomic E-state index is 5.87. The van der Waals surface area contributed by atoms with E-state index in [1.54, 1.807) is 17.8 Å². The van der Waals surface area contributed by atoms with Crippen LogP contribution >= 0.6 is 35.0 Å². The first-order valence-electron chi connectivity index (χ1n) is 5.02. The molecule has 1 heterocycles. The van der Waals surface area contributed by atoms with E-state index in [9.17, 15) is 0 Å². The first-order chi connectivity index (χ1) is 8.13. The van der Waals surface area contributed by atoms with E-state index in [2.05, 4.69) is 9.97 Å². The van der Waals surface area contributed by atoms with Gasteiger partial charge < -0.3 is 0 Å². The van der Waals surface area contributed by atoms with Crippen LogP contribution < -0.4 is 0 Å². The van der Waals surface area contributed by atoms with Gasteiger partial charge in [0.25, 0.3) is 0 Å². The van der Waals surface area contributed by atoms with Crippen LogP contribution in [0.15, 0.2) is 35.5 Å². The molecule has 0 unspecified atom stereocenters. The lowest BCUT2D eigenvalue weighted by molar-refractivity contribution is 0.932. The molecule has 2 nitrogen and oxygen atoms in total. The highest BCUT2D eigenvalue weighted by molar-refractivity contribution is 7.98. The smallest absolute Gasteiger partial charge is 0.189 e. The molecular formula is C12H10Cl2N2S. The van der Waals surface area contributed by atoms with Gasteiger partial charge in [0.05, 0.1) is 0 Å². The first kappa shape index (κ1) is 12.7. The lowest BCUT2D eigenvalue weighted by Gasteiger charge is -2.02. The summed E-state index contributed by atoms with van der Waals surface area (Å²) in [4.78, 5) is 8.47. The van der Waals surface area contributed by atoms with Crippen molar-refractivity contribution < 1.29 is 0 Å². The quantitative estimate of drug-likeness (QED) is 0.475. The molecule has 5 heteroatoms. The molecule has 88 valence electrons. The molecule has 0 bridgehead atoms. The Bertz CT molecular complexity index is 494. The normalized spacial score (nSPS) is 10.5. The van der Waals surface area contributed by atoms with Crippen LogP contribution in [0.4, 0.5) is 0 Å². The SMILES string of the molecule is Cc1cc(Cl)nc(SCc2ccc(Cl)cc2)n1. The molecule has 0 aliphatic carbocycles. The molecule has 0 amide bonds. The van der Waals surface area contributed by atoms with Crippen molar-refractivity contribution in [3.63, 3.8) is 0 Å². The predicted octanol–water partition coefficient (Wildman–Crippen LogP) is 4.38. The minimum atomic E-state index is 0.483. The summed E-state index contributed by atoms with van der Waals surface area (Å²) >= 11 is 13.3. The second-order valence-corrected chi connectivity index (χ2v) is 5.30. The first-order valence-corrected chi connectivity index (χ1v) is 6.76. The monoisotopic (exact) mass is 284 g/mol. The molecule has 0 atom stereocenters. The third kappa shape index (κ3) is 3.87. The van der Waals surface area contributed by atoms with Crippen LogP contribution in [0.25, 0.3) is 0 Å². The Morgan fingerprint density at radius 2 is 1.82 bits per heavy atom. The average molecular weight is 285 g/mol. The Balaban J connectivity index is 2.04. The molecule has 0 aliphatic heterocycles. The molecule has 0 saturated carbocycles. The molecule has 2 rings (SSSR count). The van der Waals surface area contributed by atoms with Crippen LogP contribution in [-0.2, 0) is 5.75 Å². The fourth-order valence-corrected chi connectivity index (χ4v) is 2.57. The lowest BCUT2D eigenvalue weighted by atomic mass is 10.2. The molecule has 0 N–H and O–H groups in total. The molecule has 1 aromatic carbocycles. The standard InChI is InChI=1S/C12H10Cl2N2S/c1-8-6-11(14)16-12(15-8)17-7-9-2-4-10(13)5-3-9/h2-6H,7H2,1H3. The van der Waals surface area contributed by atoms with Gasteiger partial charge in [0.2, 0.25) is 0 Å². The summed E-state index contributed by atoms with van der Waals surface area (Å²) in [5.74, 6) is 0.803. The highest BCUT2D eigenvalue weighted by atomic mass is 35.5. The zero-order chi connectivity index (χ0) is 12.3. The average Bonchev–Trinajstić information content (AvgIpc) is 2.27. The number of benzene rings is 1. The van der Waals surface area contributed by atoms with E-state index in [0.29, 0.717) is 10.3 Å². The Morgan fingerprint density at radius 3 is 2.47 bits per heavy atom. The van der Waals surface area contributed by atoms with Gasteiger partial charge in [-0.15, -0.1) is 0 Å². The van der Waals surface area contributed by atoms with Gasteiger partial charge in [-0.25, -0.2) is 9.97 Å². The number of rotatable bonds is 3. The molecule has 0 spiro atoms. The van der Waals surface area contributed by atoms with Gasteiger partial charge in [0, 0.05) is 16.5 Å². The third-order valence-electron chi connectivity index (χ3n) is 2.08. The van der Waals surface area contributed by atoms with Crippen molar-refractivity contribution in [2.45, 2.75) is 17.8 Å². The van der Waals surface area contributed by atoms with Gasteiger partial charge in [0.1, 0.15) is 5.15 Å². The van der Waals surface area contributed by atoms with E-state index >= 15 is 0 Å².